The van der Waals surface area contributed by atoms with E-state index in [-0.39, 0.29) is 0 Å². The van der Waals surface area contributed by atoms with Crippen LogP contribution in [0.4, 0.5) is 0 Å². The van der Waals surface area contributed by atoms with Crippen molar-refractivity contribution in [3.05, 3.63) is 18.0 Å². The molecule has 1 atom stereocenters. The topological polar surface area (TPSA) is 72.9 Å². The minimum absolute atomic E-state index is 0.369. The zero-order chi connectivity index (χ0) is 9.26. The van der Waals surface area contributed by atoms with E-state index in [1.165, 1.54) is 6.20 Å². The summed E-state index contributed by atoms with van der Waals surface area (Å²) in [5, 5.41) is 7.33. The molecule has 1 amide bonds. The smallest absolute Gasteiger partial charge is 0.251 e. The van der Waals surface area contributed by atoms with E-state index >= 15 is 0 Å². The Bertz CT molecular complexity index is 314. The Morgan fingerprint density at radius 2 is 2.62 bits per heavy atom. The molecule has 2 rings (SSSR count). The quantitative estimate of drug-likeness (QED) is 0.645. The van der Waals surface area contributed by atoms with Crippen molar-refractivity contribution in [2.75, 3.05) is 13.1 Å². The van der Waals surface area contributed by atoms with Gasteiger partial charge < -0.3 is 11.1 Å². The predicted octanol–water partition coefficient (Wildman–Crippen LogP) is -0.484. The minimum atomic E-state index is -0.419. The van der Waals surface area contributed by atoms with Crippen molar-refractivity contribution in [1.82, 2.24) is 15.1 Å². The molecule has 1 aromatic rings. The van der Waals surface area contributed by atoms with Gasteiger partial charge in [0.05, 0.1) is 17.8 Å². The summed E-state index contributed by atoms with van der Waals surface area (Å²) in [5.74, 6) is -0.419. The Morgan fingerprint density at radius 1 is 1.77 bits per heavy atom. The second-order valence-electron chi connectivity index (χ2n) is 3.22. The highest BCUT2D eigenvalue weighted by molar-refractivity contribution is 5.92. The molecule has 1 fully saturated rings. The molecule has 1 aromatic heterocycles. The second-order valence-corrected chi connectivity index (χ2v) is 3.22. The molecule has 5 heteroatoms. The molecule has 0 unspecified atom stereocenters. The first-order valence-electron chi connectivity index (χ1n) is 4.32. The normalized spacial score (nSPS) is 22.0. The Kier molecular flexibility index (Phi) is 2.02. The van der Waals surface area contributed by atoms with Crippen molar-refractivity contribution < 1.29 is 4.79 Å². The molecule has 1 aliphatic rings. The number of rotatable bonds is 2. The van der Waals surface area contributed by atoms with Crippen LogP contribution in [0, 0.1) is 0 Å². The van der Waals surface area contributed by atoms with E-state index in [9.17, 15) is 4.79 Å². The third kappa shape index (κ3) is 1.55. The Morgan fingerprint density at radius 3 is 3.15 bits per heavy atom. The van der Waals surface area contributed by atoms with Gasteiger partial charge in [-0.2, -0.15) is 5.10 Å². The van der Waals surface area contributed by atoms with Crippen LogP contribution in [0.15, 0.2) is 12.4 Å². The maximum absolute atomic E-state index is 10.8. The lowest BCUT2D eigenvalue weighted by Gasteiger charge is -2.07. The van der Waals surface area contributed by atoms with E-state index < -0.39 is 5.91 Å². The van der Waals surface area contributed by atoms with E-state index in [1.807, 2.05) is 0 Å². The van der Waals surface area contributed by atoms with Crippen LogP contribution in [-0.2, 0) is 0 Å². The third-order valence-electron chi connectivity index (χ3n) is 2.29. The maximum Gasteiger partial charge on any atom is 0.251 e. The fraction of sp³-hybridized carbons (Fsp3) is 0.500. The molecule has 2 heterocycles. The molecule has 0 bridgehead atoms. The lowest BCUT2D eigenvalue weighted by molar-refractivity contribution is 0.1000. The van der Waals surface area contributed by atoms with Crippen molar-refractivity contribution in [3.63, 3.8) is 0 Å². The number of hydrogen-bond donors (Lipinski definition) is 2. The molecule has 0 aliphatic carbocycles. The molecule has 0 spiro atoms. The first-order valence-corrected chi connectivity index (χ1v) is 4.32. The van der Waals surface area contributed by atoms with Gasteiger partial charge in [-0.05, 0) is 13.0 Å². The average molecular weight is 180 g/mol. The first-order chi connectivity index (χ1) is 6.27. The highest BCUT2D eigenvalue weighted by atomic mass is 16.1. The molecular weight excluding hydrogens is 168 g/mol. The van der Waals surface area contributed by atoms with Crippen molar-refractivity contribution in [2.45, 2.75) is 12.5 Å². The van der Waals surface area contributed by atoms with Crippen molar-refractivity contribution in [3.8, 4) is 0 Å². The SMILES string of the molecule is NC(=O)c1cnn([C@@H]2CCNC2)c1. The standard InChI is InChI=1S/C8H12N4O/c9-8(13)6-3-11-12(5-6)7-1-2-10-4-7/h3,5,7,10H,1-2,4H2,(H2,9,13)/t7-/m1/s1. The van der Waals surface area contributed by atoms with Gasteiger partial charge in [0.25, 0.3) is 5.91 Å². The summed E-state index contributed by atoms with van der Waals surface area (Å²) >= 11 is 0. The minimum Gasteiger partial charge on any atom is -0.366 e. The third-order valence-corrected chi connectivity index (χ3v) is 2.29. The van der Waals surface area contributed by atoms with Gasteiger partial charge in [0, 0.05) is 12.7 Å². The number of nitrogens with two attached hydrogens (primary N) is 1. The summed E-state index contributed by atoms with van der Waals surface area (Å²) in [6.45, 7) is 1.93. The number of primary amides is 1. The van der Waals surface area contributed by atoms with Gasteiger partial charge in [0.15, 0.2) is 0 Å². The number of carbonyl (C=O) groups excluding carboxylic acids is 1. The average Bonchev–Trinajstić information content (AvgIpc) is 2.75. The maximum atomic E-state index is 10.8. The van der Waals surface area contributed by atoms with Gasteiger partial charge in [0.1, 0.15) is 0 Å². The summed E-state index contributed by atoms with van der Waals surface area (Å²) in [6, 6.07) is 0.369. The Balaban J connectivity index is 2.16. The Hall–Kier alpha value is -1.36. The van der Waals surface area contributed by atoms with Gasteiger partial charge in [-0.3, -0.25) is 9.48 Å². The van der Waals surface area contributed by atoms with Crippen molar-refractivity contribution in [1.29, 1.82) is 0 Å². The van der Waals surface area contributed by atoms with Crippen LogP contribution in [-0.4, -0.2) is 28.8 Å². The van der Waals surface area contributed by atoms with E-state index in [0.29, 0.717) is 11.6 Å². The lowest BCUT2D eigenvalue weighted by Crippen LogP contribution is -2.14. The molecule has 0 saturated carbocycles. The van der Waals surface area contributed by atoms with Crippen molar-refractivity contribution in [2.24, 2.45) is 5.73 Å². The molecule has 13 heavy (non-hydrogen) atoms. The van der Waals surface area contributed by atoms with Crippen LogP contribution in [0.1, 0.15) is 22.8 Å². The molecule has 1 aliphatic heterocycles. The highest BCUT2D eigenvalue weighted by Crippen LogP contribution is 2.13. The highest BCUT2D eigenvalue weighted by Gasteiger charge is 2.17. The molecule has 0 aromatic carbocycles. The van der Waals surface area contributed by atoms with Crippen LogP contribution in [0.25, 0.3) is 0 Å². The van der Waals surface area contributed by atoms with Gasteiger partial charge in [0.2, 0.25) is 0 Å². The van der Waals surface area contributed by atoms with Gasteiger partial charge in [-0.15, -0.1) is 0 Å². The molecule has 0 radical (unpaired) electrons. The van der Waals surface area contributed by atoms with Gasteiger partial charge in [-0.1, -0.05) is 0 Å². The van der Waals surface area contributed by atoms with E-state index in [2.05, 4.69) is 10.4 Å². The van der Waals surface area contributed by atoms with Gasteiger partial charge >= 0.3 is 0 Å². The van der Waals surface area contributed by atoms with Crippen LogP contribution in [0.2, 0.25) is 0 Å². The lowest BCUT2D eigenvalue weighted by atomic mass is 10.3. The van der Waals surface area contributed by atoms with Crippen LogP contribution < -0.4 is 11.1 Å². The Labute approximate surface area is 75.9 Å². The number of nitrogens with one attached hydrogen (secondary N) is 1. The number of amides is 1. The van der Waals surface area contributed by atoms with Crippen LogP contribution in [0.3, 0.4) is 0 Å². The fourth-order valence-corrected chi connectivity index (χ4v) is 1.53. The fourth-order valence-electron chi connectivity index (χ4n) is 1.53. The second kappa shape index (κ2) is 3.18. The van der Waals surface area contributed by atoms with Crippen molar-refractivity contribution >= 4 is 5.91 Å². The summed E-state index contributed by atoms with van der Waals surface area (Å²) in [4.78, 5) is 10.8. The molecule has 1 saturated heterocycles. The zero-order valence-electron chi connectivity index (χ0n) is 7.23. The zero-order valence-corrected chi connectivity index (χ0v) is 7.23. The van der Waals surface area contributed by atoms with E-state index in [0.717, 1.165) is 19.5 Å². The largest absolute Gasteiger partial charge is 0.366 e. The van der Waals surface area contributed by atoms with Crippen LogP contribution >= 0.6 is 0 Å². The predicted molar refractivity (Wildman–Crippen MR) is 47.3 cm³/mol. The summed E-state index contributed by atoms with van der Waals surface area (Å²) in [5.41, 5.74) is 5.60. The number of carbonyl (C=O) groups is 1. The van der Waals surface area contributed by atoms with E-state index in [4.69, 9.17) is 5.73 Å². The summed E-state index contributed by atoms with van der Waals surface area (Å²) in [6.07, 6.45) is 4.28. The molecule has 5 nitrogen and oxygen atoms in total. The summed E-state index contributed by atoms with van der Waals surface area (Å²) < 4.78 is 1.81. The van der Waals surface area contributed by atoms with E-state index in [1.54, 1.807) is 10.9 Å². The summed E-state index contributed by atoms with van der Waals surface area (Å²) in [7, 11) is 0. The monoisotopic (exact) mass is 180 g/mol. The van der Waals surface area contributed by atoms with Crippen LogP contribution in [0.5, 0.6) is 0 Å². The first kappa shape index (κ1) is 8.25. The molecule has 3 N–H and O–H groups in total. The molecular formula is C8H12N4O. The molecule has 70 valence electrons. The number of hydrogen-bond acceptors (Lipinski definition) is 3. The number of aromatic nitrogens is 2. The number of nitrogens with zero attached hydrogens (tertiary/aromatic N) is 2. The van der Waals surface area contributed by atoms with Gasteiger partial charge in [-0.25, -0.2) is 0 Å².